The molecule has 3 nitrogen and oxygen atoms in total. The second kappa shape index (κ2) is 5.00. The van der Waals surface area contributed by atoms with E-state index in [1.165, 1.54) is 11.1 Å². The van der Waals surface area contributed by atoms with Gasteiger partial charge in [-0.3, -0.25) is 4.79 Å². The number of carbonyl (C=O) groups is 1. The van der Waals surface area contributed by atoms with Crippen molar-refractivity contribution in [2.24, 2.45) is 0 Å². The van der Waals surface area contributed by atoms with Crippen LogP contribution in [0, 0.1) is 6.92 Å². The van der Waals surface area contributed by atoms with E-state index < -0.39 is 0 Å². The summed E-state index contributed by atoms with van der Waals surface area (Å²) in [6, 6.07) is 13.5. The Morgan fingerprint density at radius 3 is 2.65 bits per heavy atom. The first-order valence-electron chi connectivity index (χ1n) is 6.81. The molecule has 20 heavy (non-hydrogen) atoms. The second-order valence-corrected chi connectivity index (χ2v) is 5.22. The quantitative estimate of drug-likeness (QED) is 0.863. The molecule has 3 heteroatoms. The molecule has 0 saturated heterocycles. The summed E-state index contributed by atoms with van der Waals surface area (Å²) in [5, 5.41) is 10.0. The van der Waals surface area contributed by atoms with Crippen LogP contribution in [-0.4, -0.2) is 22.5 Å². The van der Waals surface area contributed by atoms with E-state index >= 15 is 0 Å². The maximum Gasteiger partial charge on any atom is 0.257 e. The first-order chi connectivity index (χ1) is 9.66. The monoisotopic (exact) mass is 267 g/mol. The van der Waals surface area contributed by atoms with Crippen molar-refractivity contribution in [1.82, 2.24) is 4.90 Å². The predicted molar refractivity (Wildman–Crippen MR) is 77.7 cm³/mol. The average molecular weight is 267 g/mol. The third-order valence-corrected chi connectivity index (χ3v) is 3.89. The normalized spacial score (nSPS) is 13.9. The first-order valence-corrected chi connectivity index (χ1v) is 6.81. The van der Waals surface area contributed by atoms with Crippen LogP contribution in [0.15, 0.2) is 42.5 Å². The molecule has 1 aliphatic rings. The molecule has 2 aromatic carbocycles. The van der Waals surface area contributed by atoms with E-state index in [2.05, 4.69) is 12.1 Å². The van der Waals surface area contributed by atoms with Crippen molar-refractivity contribution in [3.8, 4) is 5.75 Å². The van der Waals surface area contributed by atoms with Crippen molar-refractivity contribution in [3.63, 3.8) is 0 Å². The summed E-state index contributed by atoms with van der Waals surface area (Å²) in [5.41, 5.74) is 3.63. The summed E-state index contributed by atoms with van der Waals surface area (Å²) in [7, 11) is 0. The molecule has 0 atom stereocenters. The number of para-hydroxylation sites is 1. The Morgan fingerprint density at radius 1 is 1.10 bits per heavy atom. The molecule has 2 aromatic rings. The number of phenolic OH excluding ortho intramolecular Hbond substituents is 1. The highest BCUT2D eigenvalue weighted by Crippen LogP contribution is 2.26. The lowest BCUT2D eigenvalue weighted by molar-refractivity contribution is 0.0731. The lowest BCUT2D eigenvalue weighted by Crippen LogP contribution is -2.36. The molecule has 0 radical (unpaired) electrons. The molecule has 0 fully saturated rings. The average Bonchev–Trinajstić information content (AvgIpc) is 2.49. The van der Waals surface area contributed by atoms with Gasteiger partial charge < -0.3 is 10.0 Å². The summed E-state index contributed by atoms with van der Waals surface area (Å²) in [6.45, 7) is 3.11. The van der Waals surface area contributed by atoms with Gasteiger partial charge in [0, 0.05) is 13.1 Å². The lowest BCUT2D eigenvalue weighted by Gasteiger charge is -2.29. The fourth-order valence-electron chi connectivity index (χ4n) is 2.67. The molecule has 0 saturated carbocycles. The largest absolute Gasteiger partial charge is 0.507 e. The maximum atomic E-state index is 12.5. The molecule has 1 aliphatic heterocycles. The van der Waals surface area contributed by atoms with E-state index in [-0.39, 0.29) is 11.7 Å². The molecule has 102 valence electrons. The van der Waals surface area contributed by atoms with E-state index in [4.69, 9.17) is 0 Å². The van der Waals surface area contributed by atoms with Gasteiger partial charge in [-0.05, 0) is 36.1 Å². The van der Waals surface area contributed by atoms with Gasteiger partial charge in [0.15, 0.2) is 0 Å². The van der Waals surface area contributed by atoms with Crippen molar-refractivity contribution in [2.45, 2.75) is 19.9 Å². The van der Waals surface area contributed by atoms with Gasteiger partial charge in [-0.15, -0.1) is 0 Å². The van der Waals surface area contributed by atoms with Gasteiger partial charge in [0.05, 0.1) is 5.56 Å². The molecule has 0 unspecified atom stereocenters. The van der Waals surface area contributed by atoms with Crippen LogP contribution in [0.3, 0.4) is 0 Å². The van der Waals surface area contributed by atoms with Gasteiger partial charge in [-0.25, -0.2) is 0 Å². The number of amides is 1. The number of aromatic hydroxyl groups is 1. The summed E-state index contributed by atoms with van der Waals surface area (Å²) < 4.78 is 0. The van der Waals surface area contributed by atoms with Gasteiger partial charge in [-0.2, -0.15) is 0 Å². The molecule has 1 amide bonds. The fraction of sp³-hybridized carbons (Fsp3) is 0.235. The highest BCUT2D eigenvalue weighted by molar-refractivity contribution is 5.97. The van der Waals surface area contributed by atoms with Gasteiger partial charge in [0.1, 0.15) is 5.75 Å². The highest BCUT2D eigenvalue weighted by atomic mass is 16.3. The topological polar surface area (TPSA) is 40.5 Å². The van der Waals surface area contributed by atoms with Crippen LogP contribution in [0.5, 0.6) is 5.75 Å². The number of phenols is 1. The van der Waals surface area contributed by atoms with Crippen LogP contribution in [0.4, 0.5) is 0 Å². The Morgan fingerprint density at radius 2 is 1.85 bits per heavy atom. The van der Waals surface area contributed by atoms with Crippen molar-refractivity contribution in [3.05, 3.63) is 64.7 Å². The number of aryl methyl sites for hydroxylation is 1. The number of rotatable bonds is 1. The highest BCUT2D eigenvalue weighted by Gasteiger charge is 2.23. The van der Waals surface area contributed by atoms with E-state index in [1.54, 1.807) is 30.0 Å². The molecule has 1 heterocycles. The summed E-state index contributed by atoms with van der Waals surface area (Å²) in [5.74, 6) is -0.00272. The van der Waals surface area contributed by atoms with E-state index in [9.17, 15) is 9.90 Å². The minimum absolute atomic E-state index is 0.0939. The Hall–Kier alpha value is -2.29. The zero-order chi connectivity index (χ0) is 14.1. The van der Waals surface area contributed by atoms with Crippen LogP contribution in [0.2, 0.25) is 0 Å². The van der Waals surface area contributed by atoms with Crippen LogP contribution in [-0.2, 0) is 13.0 Å². The van der Waals surface area contributed by atoms with Gasteiger partial charge in [-0.1, -0.05) is 36.4 Å². The van der Waals surface area contributed by atoms with Crippen molar-refractivity contribution < 1.29 is 9.90 Å². The van der Waals surface area contributed by atoms with Gasteiger partial charge in [0.2, 0.25) is 0 Å². The number of nitrogens with zero attached hydrogens (tertiary/aromatic N) is 1. The lowest BCUT2D eigenvalue weighted by atomic mass is 9.99. The Bertz CT molecular complexity index is 664. The molecule has 0 spiro atoms. The van der Waals surface area contributed by atoms with Crippen molar-refractivity contribution >= 4 is 5.91 Å². The van der Waals surface area contributed by atoms with Crippen LogP contribution in [0.1, 0.15) is 27.0 Å². The fourth-order valence-corrected chi connectivity index (χ4v) is 2.67. The van der Waals surface area contributed by atoms with Crippen molar-refractivity contribution in [2.75, 3.05) is 6.54 Å². The molecule has 0 aliphatic carbocycles. The minimum atomic E-state index is -0.0966. The number of hydrogen-bond donors (Lipinski definition) is 1. The number of fused-ring (bicyclic) bond motifs is 1. The number of benzene rings is 2. The molecule has 1 N–H and O–H groups in total. The molecular weight excluding hydrogens is 250 g/mol. The molecule has 0 aromatic heterocycles. The van der Waals surface area contributed by atoms with Crippen LogP contribution in [0.25, 0.3) is 0 Å². The SMILES string of the molecule is Cc1cccc(C(=O)N2CCc3ccccc3C2)c1O. The summed E-state index contributed by atoms with van der Waals surface area (Å²) in [6.07, 6.45) is 0.870. The van der Waals surface area contributed by atoms with Crippen LogP contribution < -0.4 is 0 Å². The third kappa shape index (κ3) is 2.16. The van der Waals surface area contributed by atoms with E-state index in [0.29, 0.717) is 18.7 Å². The second-order valence-electron chi connectivity index (χ2n) is 5.22. The Labute approximate surface area is 118 Å². The smallest absolute Gasteiger partial charge is 0.257 e. The molecular formula is C17H17NO2. The summed E-state index contributed by atoms with van der Waals surface area (Å²) in [4.78, 5) is 14.4. The van der Waals surface area contributed by atoms with Gasteiger partial charge in [0.25, 0.3) is 5.91 Å². The van der Waals surface area contributed by atoms with Crippen LogP contribution >= 0.6 is 0 Å². The maximum absolute atomic E-state index is 12.5. The Kier molecular flexibility index (Phi) is 3.18. The third-order valence-electron chi connectivity index (χ3n) is 3.89. The first kappa shape index (κ1) is 12.7. The number of carbonyl (C=O) groups excluding carboxylic acids is 1. The van der Waals surface area contributed by atoms with Gasteiger partial charge >= 0.3 is 0 Å². The molecule has 0 bridgehead atoms. The predicted octanol–water partition coefficient (Wildman–Crippen LogP) is 2.90. The Balaban J connectivity index is 1.88. The molecule has 3 rings (SSSR count). The zero-order valence-corrected chi connectivity index (χ0v) is 11.5. The summed E-state index contributed by atoms with van der Waals surface area (Å²) >= 11 is 0. The van der Waals surface area contributed by atoms with Crippen molar-refractivity contribution in [1.29, 1.82) is 0 Å². The standard InChI is InChI=1S/C17H17NO2/c1-12-5-4-8-15(16(12)19)17(20)18-10-9-13-6-2-3-7-14(13)11-18/h2-8,19H,9-11H2,1H3. The minimum Gasteiger partial charge on any atom is -0.507 e. The zero-order valence-electron chi connectivity index (χ0n) is 11.5. The van der Waals surface area contributed by atoms with E-state index in [0.717, 1.165) is 12.0 Å². The number of hydrogen-bond acceptors (Lipinski definition) is 2. The van der Waals surface area contributed by atoms with E-state index in [1.807, 2.05) is 12.1 Å².